The minimum atomic E-state index is -4.97. The van der Waals surface area contributed by atoms with E-state index in [-0.39, 0.29) is 18.1 Å². The van der Waals surface area contributed by atoms with E-state index in [2.05, 4.69) is 26.1 Å². The molecule has 170 valence electrons. The first-order valence-electron chi connectivity index (χ1n) is 10.1. The number of benzene rings is 1. The van der Waals surface area contributed by atoms with E-state index in [0.29, 0.717) is 0 Å². The lowest BCUT2D eigenvalue weighted by Crippen LogP contribution is -2.59. The van der Waals surface area contributed by atoms with Gasteiger partial charge in [-0.15, -0.1) is 0 Å². The Kier molecular flexibility index (Phi) is 7.77. The molecule has 1 aromatic carbocycles. The molecule has 0 unspecified atom stereocenters. The van der Waals surface area contributed by atoms with Crippen LogP contribution in [0.3, 0.4) is 0 Å². The van der Waals surface area contributed by atoms with Crippen LogP contribution in [0.15, 0.2) is 30.3 Å². The quantitative estimate of drug-likeness (QED) is 0.638. The van der Waals surface area contributed by atoms with Crippen molar-refractivity contribution in [1.29, 1.82) is 0 Å². The molecule has 0 radical (unpaired) electrons. The molecule has 1 saturated heterocycles. The van der Waals surface area contributed by atoms with E-state index in [0.717, 1.165) is 5.56 Å². The molecule has 0 spiro atoms. The first kappa shape index (κ1) is 24.8. The van der Waals surface area contributed by atoms with E-state index in [9.17, 15) is 18.0 Å². The molecule has 1 heterocycles. The number of nitrogens with one attached hydrogen (secondary N) is 1. The molecule has 1 amide bonds. The van der Waals surface area contributed by atoms with E-state index < -0.39 is 44.9 Å². The number of alkyl halides is 3. The first-order valence-corrected chi connectivity index (χ1v) is 13.0. The maximum atomic E-state index is 12.9. The van der Waals surface area contributed by atoms with Crippen LogP contribution in [-0.2, 0) is 25.3 Å². The molecule has 0 aliphatic carbocycles. The van der Waals surface area contributed by atoms with Gasteiger partial charge in [0.2, 0.25) is 0 Å². The highest BCUT2D eigenvalue weighted by atomic mass is 28.4. The van der Waals surface area contributed by atoms with Crippen molar-refractivity contribution in [2.24, 2.45) is 0 Å². The van der Waals surface area contributed by atoms with Crippen LogP contribution in [0.2, 0.25) is 18.1 Å². The third-order valence-corrected chi connectivity index (χ3v) is 10.2. The van der Waals surface area contributed by atoms with Crippen molar-refractivity contribution < 1.29 is 31.9 Å². The van der Waals surface area contributed by atoms with Gasteiger partial charge < -0.3 is 19.2 Å². The second-order valence-corrected chi connectivity index (χ2v) is 14.0. The number of halogens is 3. The molecule has 0 saturated carbocycles. The molecule has 2 rings (SSSR count). The van der Waals surface area contributed by atoms with E-state index in [1.165, 1.54) is 0 Å². The van der Waals surface area contributed by atoms with E-state index in [4.69, 9.17) is 13.9 Å². The SMILES string of the molecule is C[C@@H]1O[C@H](O[Si](C)(C)C(C)(C)C)C[C@H](NC(=O)C(F)(F)F)[C@H]1OCc1ccccc1. The molecule has 4 atom stereocenters. The summed E-state index contributed by atoms with van der Waals surface area (Å²) >= 11 is 0. The van der Waals surface area contributed by atoms with E-state index in [1.54, 1.807) is 6.92 Å². The fourth-order valence-electron chi connectivity index (χ4n) is 3.03. The topological polar surface area (TPSA) is 56.8 Å². The van der Waals surface area contributed by atoms with E-state index >= 15 is 0 Å². The van der Waals surface area contributed by atoms with Crippen molar-refractivity contribution in [3.05, 3.63) is 35.9 Å². The molecule has 1 N–H and O–H groups in total. The number of hydrogen-bond acceptors (Lipinski definition) is 4. The van der Waals surface area contributed by atoms with Gasteiger partial charge in [0.1, 0.15) is 12.4 Å². The molecular formula is C21H32F3NO4Si. The average molecular weight is 448 g/mol. The van der Waals surface area contributed by atoms with Crippen LogP contribution in [0.25, 0.3) is 0 Å². The van der Waals surface area contributed by atoms with Crippen molar-refractivity contribution in [3.8, 4) is 0 Å². The third kappa shape index (κ3) is 6.54. The molecule has 5 nitrogen and oxygen atoms in total. The summed E-state index contributed by atoms with van der Waals surface area (Å²) in [7, 11) is -2.22. The van der Waals surface area contributed by atoms with Gasteiger partial charge in [0, 0.05) is 6.42 Å². The Morgan fingerprint density at radius 3 is 2.33 bits per heavy atom. The molecule has 1 aliphatic heterocycles. The summed E-state index contributed by atoms with van der Waals surface area (Å²) in [6, 6.07) is 8.41. The predicted molar refractivity (Wildman–Crippen MR) is 110 cm³/mol. The van der Waals surface area contributed by atoms with Gasteiger partial charge in [-0.2, -0.15) is 13.2 Å². The molecular weight excluding hydrogens is 415 g/mol. The lowest BCUT2D eigenvalue weighted by atomic mass is 9.99. The zero-order valence-electron chi connectivity index (χ0n) is 18.4. The summed E-state index contributed by atoms with van der Waals surface area (Å²) in [6.45, 7) is 12.2. The highest BCUT2D eigenvalue weighted by Crippen LogP contribution is 2.39. The van der Waals surface area contributed by atoms with Crippen molar-refractivity contribution in [3.63, 3.8) is 0 Å². The van der Waals surface area contributed by atoms with Crippen molar-refractivity contribution in [1.82, 2.24) is 5.32 Å². The van der Waals surface area contributed by atoms with Gasteiger partial charge in [-0.25, -0.2) is 0 Å². The highest BCUT2D eigenvalue weighted by Gasteiger charge is 2.47. The summed E-state index contributed by atoms with van der Waals surface area (Å²) < 4.78 is 56.8. The van der Waals surface area contributed by atoms with Gasteiger partial charge in [-0.1, -0.05) is 51.1 Å². The number of carbonyl (C=O) groups excluding carboxylic acids is 1. The lowest BCUT2D eigenvalue weighted by Gasteiger charge is -2.45. The zero-order valence-corrected chi connectivity index (χ0v) is 19.4. The monoisotopic (exact) mass is 447 g/mol. The second-order valence-electron chi connectivity index (χ2n) is 9.22. The fourth-order valence-corrected chi connectivity index (χ4v) is 4.19. The average Bonchev–Trinajstić information content (AvgIpc) is 2.59. The Bertz CT molecular complexity index is 706. The number of rotatable bonds is 6. The van der Waals surface area contributed by atoms with Crippen LogP contribution in [0, 0.1) is 0 Å². The minimum absolute atomic E-state index is 0.0815. The summed E-state index contributed by atoms with van der Waals surface area (Å²) in [5.74, 6) is -1.99. The molecule has 0 bridgehead atoms. The standard InChI is InChI=1S/C21H32F3NO4Si/c1-14-18(27-13-15-10-8-7-9-11-15)16(25-19(26)21(22,23)24)12-17(28-14)29-30(5,6)20(2,3)4/h7-11,14,16-18H,12-13H2,1-6H3,(H,25,26)/t14-,16-,17+,18-/m0/s1. The molecule has 1 aliphatic rings. The van der Waals surface area contributed by atoms with Crippen LogP contribution in [0.1, 0.15) is 39.7 Å². The van der Waals surface area contributed by atoms with Gasteiger partial charge in [0.05, 0.1) is 18.8 Å². The molecule has 9 heteroatoms. The lowest BCUT2D eigenvalue weighted by molar-refractivity contribution is -0.213. The number of hydrogen-bond donors (Lipinski definition) is 1. The zero-order chi connectivity index (χ0) is 22.7. The number of carbonyl (C=O) groups is 1. The Labute approximate surface area is 177 Å². The maximum Gasteiger partial charge on any atom is 0.471 e. The van der Waals surface area contributed by atoms with E-state index in [1.807, 2.05) is 43.4 Å². The van der Waals surface area contributed by atoms with Crippen molar-refractivity contribution in [2.75, 3.05) is 0 Å². The summed E-state index contributed by atoms with van der Waals surface area (Å²) in [6.07, 6.45) is -6.90. The van der Waals surface area contributed by atoms with Crippen molar-refractivity contribution >= 4 is 14.2 Å². The first-order chi connectivity index (χ1) is 13.7. The van der Waals surface area contributed by atoms with Gasteiger partial charge >= 0.3 is 12.1 Å². The summed E-state index contributed by atoms with van der Waals surface area (Å²) in [5.41, 5.74) is 0.880. The second kappa shape index (κ2) is 9.38. The Hall–Kier alpha value is -1.42. The van der Waals surface area contributed by atoms with Crippen molar-refractivity contribution in [2.45, 2.75) is 89.6 Å². The van der Waals surface area contributed by atoms with Crippen LogP contribution in [0.4, 0.5) is 13.2 Å². The molecule has 1 fully saturated rings. The largest absolute Gasteiger partial charge is 0.471 e. The Balaban J connectivity index is 2.16. The maximum absolute atomic E-state index is 12.9. The van der Waals surface area contributed by atoms with Gasteiger partial charge in [0.25, 0.3) is 0 Å². The molecule has 30 heavy (non-hydrogen) atoms. The fraction of sp³-hybridized carbons (Fsp3) is 0.667. The minimum Gasteiger partial charge on any atom is -0.392 e. The van der Waals surface area contributed by atoms with Gasteiger partial charge in [0.15, 0.2) is 8.32 Å². The predicted octanol–water partition coefficient (Wildman–Crippen LogP) is 4.78. The Morgan fingerprint density at radius 1 is 1.20 bits per heavy atom. The van der Waals surface area contributed by atoms with Gasteiger partial charge in [-0.05, 0) is 30.6 Å². The summed E-state index contributed by atoms with van der Waals surface area (Å²) in [4.78, 5) is 11.6. The van der Waals surface area contributed by atoms with Crippen LogP contribution >= 0.6 is 0 Å². The normalized spacial score (nSPS) is 25.8. The molecule has 0 aromatic heterocycles. The highest BCUT2D eigenvalue weighted by molar-refractivity contribution is 6.74. The molecule has 1 aromatic rings. The van der Waals surface area contributed by atoms with Gasteiger partial charge in [-0.3, -0.25) is 4.79 Å². The Morgan fingerprint density at radius 2 is 1.80 bits per heavy atom. The summed E-state index contributed by atoms with van der Waals surface area (Å²) in [5, 5.41) is 2.00. The third-order valence-electron chi connectivity index (χ3n) is 5.76. The van der Waals surface area contributed by atoms with Crippen LogP contribution in [0.5, 0.6) is 0 Å². The van der Waals surface area contributed by atoms with Crippen LogP contribution in [-0.4, -0.2) is 44.9 Å². The smallest absolute Gasteiger partial charge is 0.392 e. The van der Waals surface area contributed by atoms with Crippen LogP contribution < -0.4 is 5.32 Å². The number of amides is 1. The number of ether oxygens (including phenoxy) is 2.